The molecule has 33 heavy (non-hydrogen) atoms. The third kappa shape index (κ3) is 5.31. The van der Waals surface area contributed by atoms with Crippen LogP contribution in [-0.4, -0.2) is 21.0 Å². The lowest BCUT2D eigenvalue weighted by atomic mass is 10.1. The molecule has 1 heterocycles. The van der Waals surface area contributed by atoms with Crippen LogP contribution in [0.2, 0.25) is 10.0 Å². The fraction of sp³-hybridized carbons (Fsp3) is 0.0435. The summed E-state index contributed by atoms with van der Waals surface area (Å²) in [4.78, 5) is 23.6. The van der Waals surface area contributed by atoms with Gasteiger partial charge in [0, 0.05) is 22.7 Å². The second-order valence-corrected chi connectivity index (χ2v) is 7.98. The van der Waals surface area contributed by atoms with E-state index in [0.717, 1.165) is 5.56 Å². The number of aromatic nitrogens is 2. The Balaban J connectivity index is 1.57. The summed E-state index contributed by atoms with van der Waals surface area (Å²) >= 11 is 12.1. The number of rotatable bonds is 6. The number of anilines is 1. The largest absolute Gasteiger partial charge is 0.457 e. The molecule has 2 N–H and O–H groups in total. The summed E-state index contributed by atoms with van der Waals surface area (Å²) in [5.74, 6) is 0.179. The first-order valence-electron chi connectivity index (χ1n) is 9.65. The molecule has 0 atom stereocenters. The Morgan fingerprint density at radius 3 is 2.48 bits per heavy atom. The summed E-state index contributed by atoms with van der Waals surface area (Å²) in [7, 11) is 0. The molecule has 0 radical (unpaired) electrons. The average molecular weight is 483 g/mol. The van der Waals surface area contributed by atoms with Gasteiger partial charge in [0.15, 0.2) is 0 Å². The quantitative estimate of drug-likeness (QED) is 0.236. The minimum Gasteiger partial charge on any atom is -0.457 e. The summed E-state index contributed by atoms with van der Waals surface area (Å²) in [6.07, 6.45) is 0. The second kappa shape index (κ2) is 9.32. The number of H-pyrrole nitrogens is 1. The summed E-state index contributed by atoms with van der Waals surface area (Å²) in [6, 6.07) is 17.7. The van der Waals surface area contributed by atoms with Gasteiger partial charge in [0.2, 0.25) is 0 Å². The van der Waals surface area contributed by atoms with Crippen molar-refractivity contribution in [3.63, 3.8) is 0 Å². The number of nitro groups is 1. The Hall–Kier alpha value is -3.88. The number of hydrogen-bond acceptors (Lipinski definition) is 5. The molecular weight excluding hydrogens is 467 g/mol. The van der Waals surface area contributed by atoms with E-state index >= 15 is 0 Å². The Kier molecular flexibility index (Phi) is 6.30. The number of hydrogen-bond donors (Lipinski definition) is 2. The zero-order valence-electron chi connectivity index (χ0n) is 17.1. The van der Waals surface area contributed by atoms with Gasteiger partial charge in [0.1, 0.15) is 17.2 Å². The number of nitrogens with one attached hydrogen (secondary N) is 2. The number of halogens is 2. The van der Waals surface area contributed by atoms with Crippen LogP contribution in [0, 0.1) is 17.0 Å². The molecule has 0 fully saturated rings. The van der Waals surface area contributed by atoms with Crippen LogP contribution in [0.4, 0.5) is 11.4 Å². The van der Waals surface area contributed by atoms with Crippen LogP contribution in [0.15, 0.2) is 66.7 Å². The maximum Gasteiger partial charge on any atom is 0.275 e. The van der Waals surface area contributed by atoms with Crippen LogP contribution in [0.3, 0.4) is 0 Å². The topological polar surface area (TPSA) is 110 Å². The number of nitro benzene ring substituents is 1. The average Bonchev–Trinajstić information content (AvgIpc) is 3.25. The lowest BCUT2D eigenvalue weighted by Gasteiger charge is -2.09. The molecule has 4 rings (SSSR count). The summed E-state index contributed by atoms with van der Waals surface area (Å²) in [5, 5.41) is 21.6. The van der Waals surface area contributed by atoms with Crippen molar-refractivity contribution in [3.05, 3.63) is 98.1 Å². The maximum atomic E-state index is 12.7. The molecule has 0 saturated carbocycles. The van der Waals surface area contributed by atoms with Gasteiger partial charge in [-0.25, -0.2) is 0 Å². The molecule has 0 aliphatic heterocycles. The van der Waals surface area contributed by atoms with Crippen molar-refractivity contribution in [2.45, 2.75) is 6.92 Å². The minimum atomic E-state index is -0.561. The molecule has 0 bridgehead atoms. The molecule has 0 saturated heterocycles. The van der Waals surface area contributed by atoms with E-state index in [2.05, 4.69) is 15.5 Å². The molecule has 166 valence electrons. The van der Waals surface area contributed by atoms with E-state index in [1.807, 2.05) is 19.1 Å². The highest BCUT2D eigenvalue weighted by Gasteiger charge is 2.17. The Bertz CT molecular complexity index is 1350. The van der Waals surface area contributed by atoms with Crippen LogP contribution in [0.25, 0.3) is 11.3 Å². The highest BCUT2D eigenvalue weighted by Crippen LogP contribution is 2.31. The molecule has 10 heteroatoms. The van der Waals surface area contributed by atoms with Crippen molar-refractivity contribution in [2.75, 3.05) is 5.32 Å². The van der Waals surface area contributed by atoms with Crippen molar-refractivity contribution in [1.82, 2.24) is 10.2 Å². The van der Waals surface area contributed by atoms with Crippen molar-refractivity contribution < 1.29 is 14.5 Å². The molecular formula is C23H16Cl2N4O4. The monoisotopic (exact) mass is 482 g/mol. The van der Waals surface area contributed by atoms with E-state index in [1.165, 1.54) is 24.3 Å². The molecule has 0 spiro atoms. The van der Waals surface area contributed by atoms with Gasteiger partial charge in [-0.2, -0.15) is 5.10 Å². The van der Waals surface area contributed by atoms with E-state index < -0.39 is 10.8 Å². The number of nitrogens with zero attached hydrogens (tertiary/aromatic N) is 2. The van der Waals surface area contributed by atoms with Gasteiger partial charge in [-0.1, -0.05) is 40.9 Å². The number of amides is 1. The second-order valence-electron chi connectivity index (χ2n) is 7.13. The van der Waals surface area contributed by atoms with Crippen LogP contribution in [0.5, 0.6) is 11.5 Å². The molecule has 0 aliphatic carbocycles. The number of carbonyl (C=O) groups is 1. The Labute approximate surface area is 198 Å². The fourth-order valence-electron chi connectivity index (χ4n) is 3.03. The molecule has 3 aromatic carbocycles. The third-order valence-electron chi connectivity index (χ3n) is 4.65. The normalized spacial score (nSPS) is 10.6. The zero-order chi connectivity index (χ0) is 23.5. The number of aromatic amines is 1. The molecule has 4 aromatic rings. The minimum absolute atomic E-state index is 0.142. The molecule has 1 amide bonds. The van der Waals surface area contributed by atoms with Crippen molar-refractivity contribution in [3.8, 4) is 22.8 Å². The highest BCUT2D eigenvalue weighted by molar-refractivity contribution is 6.36. The van der Waals surface area contributed by atoms with Crippen LogP contribution >= 0.6 is 23.2 Å². The van der Waals surface area contributed by atoms with E-state index in [1.54, 1.807) is 30.3 Å². The van der Waals surface area contributed by atoms with Crippen LogP contribution in [0.1, 0.15) is 16.1 Å². The van der Waals surface area contributed by atoms with Crippen LogP contribution in [-0.2, 0) is 0 Å². The third-order valence-corrected chi connectivity index (χ3v) is 5.19. The summed E-state index contributed by atoms with van der Waals surface area (Å²) in [5.41, 5.74) is 2.20. The van der Waals surface area contributed by atoms with Gasteiger partial charge in [0.05, 0.1) is 27.4 Å². The molecule has 0 aliphatic rings. The van der Waals surface area contributed by atoms with E-state index in [4.69, 9.17) is 27.9 Å². The Morgan fingerprint density at radius 1 is 1.03 bits per heavy atom. The fourth-order valence-corrected chi connectivity index (χ4v) is 3.54. The van der Waals surface area contributed by atoms with Crippen molar-refractivity contribution in [2.24, 2.45) is 0 Å². The van der Waals surface area contributed by atoms with Crippen molar-refractivity contribution in [1.29, 1.82) is 0 Å². The van der Waals surface area contributed by atoms with E-state index in [-0.39, 0.29) is 22.8 Å². The van der Waals surface area contributed by atoms with Gasteiger partial charge < -0.3 is 10.1 Å². The molecule has 0 unspecified atom stereocenters. The summed E-state index contributed by atoms with van der Waals surface area (Å²) < 4.78 is 5.74. The lowest BCUT2D eigenvalue weighted by Crippen LogP contribution is -2.12. The first-order valence-corrected chi connectivity index (χ1v) is 10.4. The SMILES string of the molecule is Cc1ccc(Oc2cc(NC(=O)c3cc(-c4ccc(Cl)cc4Cl)n[nH]3)cc([N+](=O)[O-])c2)cc1. The van der Waals surface area contributed by atoms with E-state index in [0.29, 0.717) is 27.1 Å². The first-order chi connectivity index (χ1) is 15.8. The van der Waals surface area contributed by atoms with E-state index in [9.17, 15) is 14.9 Å². The number of carbonyl (C=O) groups excluding carboxylic acids is 1. The standard InChI is InChI=1S/C23H16Cl2N4O4/c1-13-2-5-17(6-3-13)33-18-10-15(9-16(11-18)29(31)32)26-23(30)22-12-21(27-28-22)19-7-4-14(24)8-20(19)25/h2-12H,1H3,(H,26,30)(H,27,28). The van der Waals surface area contributed by atoms with Crippen LogP contribution < -0.4 is 10.1 Å². The molecule has 8 nitrogen and oxygen atoms in total. The van der Waals surface area contributed by atoms with Gasteiger partial charge in [-0.3, -0.25) is 20.0 Å². The van der Waals surface area contributed by atoms with Gasteiger partial charge >= 0.3 is 0 Å². The molecule has 1 aromatic heterocycles. The predicted octanol–water partition coefficient (Wildman–Crippen LogP) is 6.64. The number of benzene rings is 3. The number of ether oxygens (including phenoxy) is 1. The van der Waals surface area contributed by atoms with Gasteiger partial charge in [0.25, 0.3) is 11.6 Å². The number of aryl methyl sites for hydroxylation is 1. The maximum absolute atomic E-state index is 12.7. The smallest absolute Gasteiger partial charge is 0.275 e. The Morgan fingerprint density at radius 2 is 1.79 bits per heavy atom. The van der Waals surface area contributed by atoms with Crippen molar-refractivity contribution >= 4 is 40.5 Å². The highest BCUT2D eigenvalue weighted by atomic mass is 35.5. The van der Waals surface area contributed by atoms with Gasteiger partial charge in [-0.05, 0) is 43.3 Å². The lowest BCUT2D eigenvalue weighted by molar-refractivity contribution is -0.384. The zero-order valence-corrected chi connectivity index (χ0v) is 18.6. The van der Waals surface area contributed by atoms with Gasteiger partial charge in [-0.15, -0.1) is 0 Å². The first kappa shape index (κ1) is 22.3. The summed E-state index contributed by atoms with van der Waals surface area (Å²) in [6.45, 7) is 1.94. The predicted molar refractivity (Wildman–Crippen MR) is 126 cm³/mol. The number of non-ortho nitro benzene ring substituents is 1.